The summed E-state index contributed by atoms with van der Waals surface area (Å²) in [7, 11) is 0. The molecular formula is C14H21NO. The summed E-state index contributed by atoms with van der Waals surface area (Å²) in [6.45, 7) is 5.05. The van der Waals surface area contributed by atoms with Crippen molar-refractivity contribution in [2.24, 2.45) is 5.92 Å². The minimum atomic E-state index is 0.393. The molecule has 1 aromatic carbocycles. The van der Waals surface area contributed by atoms with Gasteiger partial charge in [-0.1, -0.05) is 12.8 Å². The van der Waals surface area contributed by atoms with Crippen molar-refractivity contribution in [1.82, 2.24) is 0 Å². The molecule has 2 N–H and O–H groups in total. The molecule has 0 spiro atoms. The zero-order valence-corrected chi connectivity index (χ0v) is 10.2. The van der Waals surface area contributed by atoms with Crippen molar-refractivity contribution < 1.29 is 5.11 Å². The van der Waals surface area contributed by atoms with E-state index in [1.807, 2.05) is 26.0 Å². The van der Waals surface area contributed by atoms with E-state index in [1.165, 1.54) is 31.4 Å². The van der Waals surface area contributed by atoms with Gasteiger partial charge >= 0.3 is 0 Å². The molecular weight excluding hydrogens is 198 g/mol. The second kappa shape index (κ2) is 4.77. The van der Waals surface area contributed by atoms with Gasteiger partial charge in [0.1, 0.15) is 5.75 Å². The smallest absolute Gasteiger partial charge is 0.118 e. The van der Waals surface area contributed by atoms with Crippen LogP contribution in [0.25, 0.3) is 0 Å². The van der Waals surface area contributed by atoms with Crippen LogP contribution in [0.1, 0.15) is 36.8 Å². The van der Waals surface area contributed by atoms with Gasteiger partial charge in [-0.15, -0.1) is 0 Å². The summed E-state index contributed by atoms with van der Waals surface area (Å²) in [4.78, 5) is 0. The molecule has 2 rings (SSSR count). The summed E-state index contributed by atoms with van der Waals surface area (Å²) in [6, 6.07) is 3.88. The van der Waals surface area contributed by atoms with E-state index in [-0.39, 0.29) is 0 Å². The zero-order chi connectivity index (χ0) is 11.5. The summed E-state index contributed by atoms with van der Waals surface area (Å²) in [5.74, 6) is 1.23. The fraction of sp³-hybridized carbons (Fsp3) is 0.571. The molecule has 1 aliphatic carbocycles. The van der Waals surface area contributed by atoms with E-state index < -0.39 is 0 Å². The van der Waals surface area contributed by atoms with Crippen LogP contribution in [0.5, 0.6) is 5.75 Å². The van der Waals surface area contributed by atoms with Crippen molar-refractivity contribution in [2.45, 2.75) is 39.5 Å². The van der Waals surface area contributed by atoms with Gasteiger partial charge in [0.25, 0.3) is 0 Å². The molecule has 1 aromatic rings. The lowest BCUT2D eigenvalue weighted by Crippen LogP contribution is -2.11. The van der Waals surface area contributed by atoms with Crippen LogP contribution in [0.2, 0.25) is 0 Å². The van der Waals surface area contributed by atoms with E-state index in [0.717, 1.165) is 23.6 Å². The van der Waals surface area contributed by atoms with Gasteiger partial charge in [-0.3, -0.25) is 0 Å². The molecule has 0 heterocycles. The summed E-state index contributed by atoms with van der Waals surface area (Å²) in [5.41, 5.74) is 3.24. The molecule has 0 unspecified atom stereocenters. The SMILES string of the molecule is Cc1cc(NCC2CCCC2)c(C)cc1O. The first kappa shape index (κ1) is 11.3. The molecule has 1 fully saturated rings. The van der Waals surface area contributed by atoms with Crippen LogP contribution >= 0.6 is 0 Å². The van der Waals surface area contributed by atoms with Gasteiger partial charge in [-0.25, -0.2) is 0 Å². The highest BCUT2D eigenvalue weighted by Crippen LogP contribution is 2.28. The van der Waals surface area contributed by atoms with Gasteiger partial charge in [0, 0.05) is 12.2 Å². The van der Waals surface area contributed by atoms with Crippen molar-refractivity contribution in [1.29, 1.82) is 0 Å². The van der Waals surface area contributed by atoms with E-state index in [9.17, 15) is 5.11 Å². The lowest BCUT2D eigenvalue weighted by atomic mass is 10.1. The first-order valence-electron chi connectivity index (χ1n) is 6.21. The Bertz CT molecular complexity index is 367. The highest BCUT2D eigenvalue weighted by molar-refractivity contribution is 5.56. The Morgan fingerprint density at radius 3 is 2.56 bits per heavy atom. The van der Waals surface area contributed by atoms with E-state index in [0.29, 0.717) is 5.75 Å². The Kier molecular flexibility index (Phi) is 3.37. The minimum absolute atomic E-state index is 0.393. The summed E-state index contributed by atoms with van der Waals surface area (Å²) in [5, 5.41) is 13.1. The number of rotatable bonds is 3. The van der Waals surface area contributed by atoms with Gasteiger partial charge in [0.05, 0.1) is 0 Å². The number of hydrogen-bond donors (Lipinski definition) is 2. The quantitative estimate of drug-likeness (QED) is 0.761. The summed E-state index contributed by atoms with van der Waals surface area (Å²) in [6.07, 6.45) is 5.51. The van der Waals surface area contributed by atoms with Crippen LogP contribution in [0, 0.1) is 19.8 Å². The highest BCUT2D eigenvalue weighted by atomic mass is 16.3. The second-order valence-electron chi connectivity index (χ2n) is 4.98. The monoisotopic (exact) mass is 219 g/mol. The molecule has 0 radical (unpaired) electrons. The lowest BCUT2D eigenvalue weighted by Gasteiger charge is -2.15. The van der Waals surface area contributed by atoms with Gasteiger partial charge in [-0.2, -0.15) is 0 Å². The zero-order valence-electron chi connectivity index (χ0n) is 10.2. The van der Waals surface area contributed by atoms with Crippen LogP contribution in [0.4, 0.5) is 5.69 Å². The van der Waals surface area contributed by atoms with E-state index in [1.54, 1.807) is 0 Å². The van der Waals surface area contributed by atoms with Gasteiger partial charge in [0.15, 0.2) is 0 Å². The van der Waals surface area contributed by atoms with Crippen LogP contribution in [0.15, 0.2) is 12.1 Å². The molecule has 0 bridgehead atoms. The molecule has 0 saturated heterocycles. The predicted molar refractivity (Wildman–Crippen MR) is 68.0 cm³/mol. The maximum atomic E-state index is 9.58. The lowest BCUT2D eigenvalue weighted by molar-refractivity contribution is 0.470. The molecule has 1 aliphatic rings. The molecule has 88 valence electrons. The van der Waals surface area contributed by atoms with E-state index >= 15 is 0 Å². The normalized spacial score (nSPS) is 16.6. The number of nitrogens with one attached hydrogen (secondary N) is 1. The number of phenols is 1. The Hall–Kier alpha value is -1.18. The van der Waals surface area contributed by atoms with Crippen LogP contribution in [-0.2, 0) is 0 Å². The van der Waals surface area contributed by atoms with Gasteiger partial charge in [-0.05, 0) is 55.9 Å². The third-order valence-electron chi connectivity index (χ3n) is 3.60. The van der Waals surface area contributed by atoms with Gasteiger partial charge < -0.3 is 10.4 Å². The number of aryl methyl sites for hydroxylation is 2. The van der Waals surface area contributed by atoms with Crippen LogP contribution in [-0.4, -0.2) is 11.7 Å². The van der Waals surface area contributed by atoms with Crippen molar-refractivity contribution in [3.05, 3.63) is 23.3 Å². The number of hydrogen-bond acceptors (Lipinski definition) is 2. The Morgan fingerprint density at radius 2 is 1.88 bits per heavy atom. The summed E-state index contributed by atoms with van der Waals surface area (Å²) < 4.78 is 0. The first-order valence-corrected chi connectivity index (χ1v) is 6.21. The number of aromatic hydroxyl groups is 1. The Balaban J connectivity index is 2.00. The van der Waals surface area contributed by atoms with Crippen molar-refractivity contribution in [3.63, 3.8) is 0 Å². The van der Waals surface area contributed by atoms with Crippen molar-refractivity contribution >= 4 is 5.69 Å². The third-order valence-corrected chi connectivity index (χ3v) is 3.60. The topological polar surface area (TPSA) is 32.3 Å². The van der Waals surface area contributed by atoms with E-state index in [4.69, 9.17) is 0 Å². The maximum absolute atomic E-state index is 9.58. The standard InChI is InChI=1S/C14H21NO/c1-10-8-14(16)11(2)7-13(10)15-9-12-5-3-4-6-12/h7-8,12,15-16H,3-6,9H2,1-2H3. The molecule has 16 heavy (non-hydrogen) atoms. The van der Waals surface area contributed by atoms with Crippen molar-refractivity contribution in [2.75, 3.05) is 11.9 Å². The number of phenolic OH excluding ortho intramolecular Hbond substituents is 1. The van der Waals surface area contributed by atoms with E-state index in [2.05, 4.69) is 5.32 Å². The maximum Gasteiger partial charge on any atom is 0.118 e. The molecule has 0 atom stereocenters. The predicted octanol–water partition coefficient (Wildman–Crippen LogP) is 3.61. The highest BCUT2D eigenvalue weighted by Gasteiger charge is 2.14. The molecule has 0 aliphatic heterocycles. The fourth-order valence-electron chi connectivity index (χ4n) is 2.46. The molecule has 0 aromatic heterocycles. The van der Waals surface area contributed by atoms with Gasteiger partial charge in [0.2, 0.25) is 0 Å². The van der Waals surface area contributed by atoms with Crippen LogP contribution in [0.3, 0.4) is 0 Å². The molecule has 2 heteroatoms. The summed E-state index contributed by atoms with van der Waals surface area (Å²) >= 11 is 0. The average molecular weight is 219 g/mol. The Labute approximate surface area is 97.7 Å². The largest absolute Gasteiger partial charge is 0.508 e. The molecule has 0 amide bonds. The second-order valence-corrected chi connectivity index (χ2v) is 4.98. The minimum Gasteiger partial charge on any atom is -0.508 e. The van der Waals surface area contributed by atoms with Crippen molar-refractivity contribution in [3.8, 4) is 5.75 Å². The molecule has 2 nitrogen and oxygen atoms in total. The Morgan fingerprint density at radius 1 is 1.19 bits per heavy atom. The number of benzene rings is 1. The first-order chi connectivity index (χ1) is 7.66. The fourth-order valence-corrected chi connectivity index (χ4v) is 2.46. The average Bonchev–Trinajstić information content (AvgIpc) is 2.74. The van der Waals surface area contributed by atoms with Crippen LogP contribution < -0.4 is 5.32 Å². The number of anilines is 1. The third kappa shape index (κ3) is 2.49. The molecule has 1 saturated carbocycles.